The van der Waals surface area contributed by atoms with Gasteiger partial charge in [-0.3, -0.25) is 4.79 Å². The van der Waals surface area contributed by atoms with Gasteiger partial charge in [0.25, 0.3) is 0 Å². The molecule has 4 heteroatoms. The van der Waals surface area contributed by atoms with Gasteiger partial charge in [0.2, 0.25) is 5.91 Å². The van der Waals surface area contributed by atoms with Crippen LogP contribution in [0.3, 0.4) is 0 Å². The van der Waals surface area contributed by atoms with Crippen LogP contribution < -0.4 is 10.6 Å². The van der Waals surface area contributed by atoms with Crippen LogP contribution in [-0.2, 0) is 4.79 Å². The summed E-state index contributed by atoms with van der Waals surface area (Å²) in [4.78, 5) is 11.0. The molecule has 0 bridgehead atoms. The number of anilines is 2. The Labute approximate surface area is 130 Å². The van der Waals surface area contributed by atoms with E-state index in [0.29, 0.717) is 16.6 Å². The quantitative estimate of drug-likeness (QED) is 0.853. The van der Waals surface area contributed by atoms with Crippen molar-refractivity contribution in [2.75, 3.05) is 17.2 Å². The molecule has 2 N–H and O–H groups in total. The molecule has 0 spiro atoms. The lowest BCUT2D eigenvalue weighted by Gasteiger charge is -2.15. The number of hydrogen-bond acceptors (Lipinski definition) is 2. The van der Waals surface area contributed by atoms with Gasteiger partial charge in [0.15, 0.2) is 0 Å². The minimum atomic E-state index is -0.129. The number of benzene rings is 2. The summed E-state index contributed by atoms with van der Waals surface area (Å²) in [5.74, 6) is 0.273. The molecule has 0 radical (unpaired) electrons. The Morgan fingerprint density at radius 2 is 1.90 bits per heavy atom. The van der Waals surface area contributed by atoms with Crippen molar-refractivity contribution in [1.82, 2.24) is 0 Å². The number of carbonyl (C=O) groups excluding carboxylic acids is 1. The lowest BCUT2D eigenvalue weighted by molar-refractivity contribution is -0.114. The van der Waals surface area contributed by atoms with E-state index in [1.54, 1.807) is 6.07 Å². The molecule has 0 aliphatic carbocycles. The topological polar surface area (TPSA) is 41.1 Å². The van der Waals surface area contributed by atoms with Gasteiger partial charge in [0.1, 0.15) is 0 Å². The zero-order valence-electron chi connectivity index (χ0n) is 12.2. The molecule has 0 aliphatic heterocycles. The molecule has 1 atom stereocenters. The molecule has 2 rings (SSSR count). The minimum Gasteiger partial charge on any atom is -0.384 e. The van der Waals surface area contributed by atoms with Crippen molar-refractivity contribution in [3.05, 3.63) is 59.1 Å². The maximum Gasteiger partial charge on any atom is 0.221 e. The van der Waals surface area contributed by atoms with Crippen molar-refractivity contribution in [1.29, 1.82) is 0 Å². The van der Waals surface area contributed by atoms with E-state index in [2.05, 4.69) is 29.7 Å². The van der Waals surface area contributed by atoms with Crippen LogP contribution in [0, 0.1) is 0 Å². The van der Waals surface area contributed by atoms with Crippen LogP contribution in [-0.4, -0.2) is 12.5 Å². The Hall–Kier alpha value is -2.00. The fraction of sp³-hybridized carbons (Fsp3) is 0.235. The van der Waals surface area contributed by atoms with Crippen molar-refractivity contribution in [2.45, 2.75) is 19.8 Å². The summed E-state index contributed by atoms with van der Waals surface area (Å²) in [5.41, 5.74) is 2.87. The van der Waals surface area contributed by atoms with Crippen LogP contribution in [0.25, 0.3) is 0 Å². The van der Waals surface area contributed by atoms with Gasteiger partial charge in [-0.25, -0.2) is 0 Å². The molecular weight excluding hydrogens is 284 g/mol. The van der Waals surface area contributed by atoms with E-state index in [-0.39, 0.29) is 5.91 Å². The second-order valence-electron chi connectivity index (χ2n) is 5.07. The van der Waals surface area contributed by atoms with E-state index in [0.717, 1.165) is 12.2 Å². The standard InChI is InChI=1S/C17H19ClN2O/c1-12(14-6-4-3-5-7-14)11-19-15-8-9-17(16(18)10-15)20-13(2)21/h3-10,12,19H,11H2,1-2H3,(H,20,21). The molecule has 0 saturated carbocycles. The molecule has 2 aromatic carbocycles. The maximum atomic E-state index is 11.0. The Morgan fingerprint density at radius 1 is 1.19 bits per heavy atom. The number of rotatable bonds is 5. The predicted molar refractivity (Wildman–Crippen MR) is 89.1 cm³/mol. The Morgan fingerprint density at radius 3 is 2.52 bits per heavy atom. The lowest BCUT2D eigenvalue weighted by atomic mass is 10.0. The van der Waals surface area contributed by atoms with Crippen LogP contribution >= 0.6 is 11.6 Å². The normalized spacial score (nSPS) is 11.8. The van der Waals surface area contributed by atoms with Gasteiger partial charge in [-0.05, 0) is 29.7 Å². The predicted octanol–water partition coefficient (Wildman–Crippen LogP) is 4.51. The summed E-state index contributed by atoms with van der Waals surface area (Å²) in [6, 6.07) is 15.9. The minimum absolute atomic E-state index is 0.129. The monoisotopic (exact) mass is 302 g/mol. The van der Waals surface area contributed by atoms with Crippen LogP contribution in [0.5, 0.6) is 0 Å². The van der Waals surface area contributed by atoms with Crippen molar-refractivity contribution in [3.8, 4) is 0 Å². The largest absolute Gasteiger partial charge is 0.384 e. The highest BCUT2D eigenvalue weighted by Crippen LogP contribution is 2.26. The average Bonchev–Trinajstić information content (AvgIpc) is 2.48. The Kier molecular flexibility index (Phi) is 5.23. The third kappa shape index (κ3) is 4.50. The molecule has 1 amide bonds. The fourth-order valence-electron chi connectivity index (χ4n) is 2.09. The van der Waals surface area contributed by atoms with Crippen LogP contribution in [0.1, 0.15) is 25.3 Å². The van der Waals surface area contributed by atoms with Crippen molar-refractivity contribution in [2.24, 2.45) is 0 Å². The maximum absolute atomic E-state index is 11.0. The van der Waals surface area contributed by atoms with E-state index in [9.17, 15) is 4.79 Å². The highest BCUT2D eigenvalue weighted by atomic mass is 35.5. The summed E-state index contributed by atoms with van der Waals surface area (Å²) in [5, 5.41) is 6.59. The van der Waals surface area contributed by atoms with E-state index in [4.69, 9.17) is 11.6 Å². The number of hydrogen-bond donors (Lipinski definition) is 2. The van der Waals surface area contributed by atoms with Crippen LogP contribution in [0.15, 0.2) is 48.5 Å². The molecule has 0 aromatic heterocycles. The van der Waals surface area contributed by atoms with E-state index in [1.807, 2.05) is 30.3 Å². The summed E-state index contributed by atoms with van der Waals surface area (Å²) < 4.78 is 0. The van der Waals surface area contributed by atoms with E-state index >= 15 is 0 Å². The first-order valence-corrected chi connectivity index (χ1v) is 7.30. The average molecular weight is 303 g/mol. The van der Waals surface area contributed by atoms with E-state index < -0.39 is 0 Å². The number of nitrogens with one attached hydrogen (secondary N) is 2. The second-order valence-corrected chi connectivity index (χ2v) is 5.48. The van der Waals surface area contributed by atoms with Gasteiger partial charge in [0, 0.05) is 19.2 Å². The third-order valence-corrected chi connectivity index (χ3v) is 3.57. The fourth-order valence-corrected chi connectivity index (χ4v) is 2.31. The molecule has 3 nitrogen and oxygen atoms in total. The molecular formula is C17H19ClN2O. The summed E-state index contributed by atoms with van der Waals surface area (Å²) in [7, 11) is 0. The van der Waals surface area contributed by atoms with Gasteiger partial charge in [-0.15, -0.1) is 0 Å². The third-order valence-electron chi connectivity index (χ3n) is 3.26. The smallest absolute Gasteiger partial charge is 0.221 e. The lowest BCUT2D eigenvalue weighted by Crippen LogP contribution is -2.10. The first kappa shape index (κ1) is 15.4. The summed E-state index contributed by atoms with van der Waals surface area (Å²) in [6.07, 6.45) is 0. The van der Waals surface area contributed by atoms with Gasteiger partial charge >= 0.3 is 0 Å². The number of amides is 1. The molecule has 0 fully saturated rings. The van der Waals surface area contributed by atoms with Crippen molar-refractivity contribution < 1.29 is 4.79 Å². The molecule has 2 aromatic rings. The van der Waals surface area contributed by atoms with Gasteiger partial charge in [-0.1, -0.05) is 48.9 Å². The second kappa shape index (κ2) is 7.14. The zero-order valence-corrected chi connectivity index (χ0v) is 12.9. The first-order valence-electron chi connectivity index (χ1n) is 6.92. The van der Waals surface area contributed by atoms with Gasteiger partial charge < -0.3 is 10.6 Å². The molecule has 0 heterocycles. The van der Waals surface area contributed by atoms with Crippen molar-refractivity contribution >= 4 is 28.9 Å². The molecule has 0 saturated heterocycles. The highest BCUT2D eigenvalue weighted by Gasteiger charge is 2.06. The molecule has 1 unspecified atom stereocenters. The number of halogens is 1. The SMILES string of the molecule is CC(=O)Nc1ccc(NCC(C)c2ccccc2)cc1Cl. The molecule has 110 valence electrons. The van der Waals surface area contributed by atoms with Gasteiger partial charge in [-0.2, -0.15) is 0 Å². The molecule has 21 heavy (non-hydrogen) atoms. The summed E-state index contributed by atoms with van der Waals surface area (Å²) >= 11 is 6.15. The zero-order chi connectivity index (χ0) is 15.2. The summed E-state index contributed by atoms with van der Waals surface area (Å²) in [6.45, 7) is 4.46. The van der Waals surface area contributed by atoms with Gasteiger partial charge in [0.05, 0.1) is 10.7 Å². The first-order chi connectivity index (χ1) is 10.1. The molecule has 0 aliphatic rings. The van der Waals surface area contributed by atoms with Crippen LogP contribution in [0.2, 0.25) is 5.02 Å². The van der Waals surface area contributed by atoms with Crippen LogP contribution in [0.4, 0.5) is 11.4 Å². The Bertz CT molecular complexity index is 613. The number of carbonyl (C=O) groups is 1. The van der Waals surface area contributed by atoms with E-state index in [1.165, 1.54) is 12.5 Å². The Balaban J connectivity index is 1.97. The van der Waals surface area contributed by atoms with Crippen molar-refractivity contribution in [3.63, 3.8) is 0 Å². The highest BCUT2D eigenvalue weighted by molar-refractivity contribution is 6.34.